The molecule has 0 bridgehead atoms. The van der Waals surface area contributed by atoms with Crippen molar-refractivity contribution in [1.82, 2.24) is 0 Å². The van der Waals surface area contributed by atoms with Crippen LogP contribution < -0.4 is 0 Å². The van der Waals surface area contributed by atoms with Crippen LogP contribution in [0.4, 0.5) is 22.0 Å². The van der Waals surface area contributed by atoms with E-state index < -0.39 is 36.1 Å². The van der Waals surface area contributed by atoms with E-state index in [1.54, 1.807) is 0 Å². The van der Waals surface area contributed by atoms with Crippen LogP contribution >= 0.6 is 0 Å². The highest BCUT2D eigenvalue weighted by Crippen LogP contribution is 2.51. The Labute approximate surface area is 93.9 Å². The fourth-order valence-corrected chi connectivity index (χ4v) is 1.98. The Morgan fingerprint density at radius 3 is 1.82 bits per heavy atom. The van der Waals surface area contributed by atoms with Crippen LogP contribution in [0.1, 0.15) is 24.0 Å². The van der Waals surface area contributed by atoms with Gasteiger partial charge >= 0.3 is 6.18 Å². The molecule has 1 aliphatic carbocycles. The topological polar surface area (TPSA) is 20.2 Å². The van der Waals surface area contributed by atoms with Crippen molar-refractivity contribution in [1.29, 1.82) is 0 Å². The van der Waals surface area contributed by atoms with Gasteiger partial charge in [0.05, 0.1) is 5.56 Å². The number of aliphatic hydroxyl groups is 1. The third-order valence-electron chi connectivity index (χ3n) is 2.85. The fourth-order valence-electron chi connectivity index (χ4n) is 1.98. The molecule has 0 amide bonds. The zero-order valence-electron chi connectivity index (χ0n) is 8.56. The number of benzene rings is 1. The number of hydrogen-bond acceptors (Lipinski definition) is 1. The molecule has 2 rings (SSSR count). The van der Waals surface area contributed by atoms with Crippen molar-refractivity contribution in [3.63, 3.8) is 0 Å². The minimum absolute atomic E-state index is 0.0939. The molecule has 0 heterocycles. The molecule has 1 nitrogen and oxygen atoms in total. The van der Waals surface area contributed by atoms with Crippen molar-refractivity contribution in [2.24, 2.45) is 0 Å². The molecule has 1 fully saturated rings. The van der Waals surface area contributed by atoms with E-state index in [1.807, 2.05) is 0 Å². The summed E-state index contributed by atoms with van der Waals surface area (Å²) >= 11 is 0. The van der Waals surface area contributed by atoms with Gasteiger partial charge in [0.2, 0.25) is 0 Å². The van der Waals surface area contributed by atoms with E-state index in [0.29, 0.717) is 0 Å². The van der Waals surface area contributed by atoms with Crippen LogP contribution in [-0.4, -0.2) is 11.0 Å². The molecular weight excluding hydrogens is 243 g/mol. The number of alkyl halides is 5. The van der Waals surface area contributed by atoms with Crippen LogP contribution in [0.2, 0.25) is 0 Å². The molecule has 1 aromatic carbocycles. The Kier molecular flexibility index (Phi) is 2.47. The highest BCUT2D eigenvalue weighted by molar-refractivity contribution is 5.31. The van der Waals surface area contributed by atoms with Crippen molar-refractivity contribution < 1.29 is 27.1 Å². The zero-order valence-corrected chi connectivity index (χ0v) is 8.56. The maximum absolute atomic E-state index is 12.6. The Bertz CT molecular complexity index is 412. The second kappa shape index (κ2) is 3.41. The highest BCUT2D eigenvalue weighted by atomic mass is 19.4. The summed E-state index contributed by atoms with van der Waals surface area (Å²) in [5, 5.41) is 9.75. The molecule has 0 unspecified atom stereocenters. The van der Waals surface area contributed by atoms with Gasteiger partial charge in [-0.15, -0.1) is 0 Å². The molecule has 0 aliphatic heterocycles. The summed E-state index contributed by atoms with van der Waals surface area (Å²) < 4.78 is 62.1. The minimum atomic E-state index is -4.47. The van der Waals surface area contributed by atoms with E-state index in [0.717, 1.165) is 24.3 Å². The lowest BCUT2D eigenvalue weighted by molar-refractivity contribution is -0.210. The summed E-state index contributed by atoms with van der Waals surface area (Å²) in [5.41, 5.74) is -2.47. The quantitative estimate of drug-likeness (QED) is 0.760. The van der Waals surface area contributed by atoms with Crippen molar-refractivity contribution in [3.8, 4) is 0 Å². The lowest BCUT2D eigenvalue weighted by Gasteiger charge is -2.43. The van der Waals surface area contributed by atoms with Gasteiger partial charge in [-0.25, -0.2) is 8.78 Å². The summed E-state index contributed by atoms with van der Waals surface area (Å²) in [5.74, 6) is -2.93. The van der Waals surface area contributed by atoms with Crippen molar-refractivity contribution in [2.75, 3.05) is 0 Å². The lowest BCUT2D eigenvalue weighted by Crippen LogP contribution is -2.49. The summed E-state index contributed by atoms with van der Waals surface area (Å²) in [6.45, 7) is 0. The monoisotopic (exact) mass is 252 g/mol. The maximum atomic E-state index is 12.6. The Hall–Kier alpha value is -1.17. The molecule has 6 heteroatoms. The van der Waals surface area contributed by atoms with Crippen molar-refractivity contribution in [2.45, 2.75) is 30.5 Å². The van der Waals surface area contributed by atoms with E-state index in [1.165, 1.54) is 0 Å². The molecule has 94 valence electrons. The third-order valence-corrected chi connectivity index (χ3v) is 2.85. The van der Waals surface area contributed by atoms with Crippen LogP contribution in [0.25, 0.3) is 0 Å². The van der Waals surface area contributed by atoms with E-state index in [-0.39, 0.29) is 5.56 Å². The molecule has 0 radical (unpaired) electrons. The van der Waals surface area contributed by atoms with Crippen LogP contribution in [0, 0.1) is 0 Å². The average molecular weight is 252 g/mol. The van der Waals surface area contributed by atoms with Crippen LogP contribution in [-0.2, 0) is 11.8 Å². The second-order valence-corrected chi connectivity index (χ2v) is 4.32. The predicted molar refractivity (Wildman–Crippen MR) is 49.5 cm³/mol. The van der Waals surface area contributed by atoms with E-state index in [9.17, 15) is 27.1 Å². The first-order chi connectivity index (χ1) is 7.62. The van der Waals surface area contributed by atoms with Crippen LogP contribution in [0.5, 0.6) is 0 Å². The van der Waals surface area contributed by atoms with Crippen LogP contribution in [0.15, 0.2) is 24.3 Å². The van der Waals surface area contributed by atoms with Gasteiger partial charge in [-0.2, -0.15) is 13.2 Å². The molecule has 0 spiro atoms. The summed E-state index contributed by atoms with van der Waals surface area (Å²) in [6, 6.07) is 3.64. The molecule has 1 aliphatic rings. The molecule has 0 atom stereocenters. The molecule has 17 heavy (non-hydrogen) atoms. The summed E-state index contributed by atoms with van der Waals surface area (Å²) in [6.07, 6.45) is -5.96. The second-order valence-electron chi connectivity index (χ2n) is 4.32. The Balaban J connectivity index is 2.20. The minimum Gasteiger partial charge on any atom is -0.385 e. The predicted octanol–water partition coefficient (Wildman–Crippen LogP) is 3.32. The highest BCUT2D eigenvalue weighted by Gasteiger charge is 2.56. The van der Waals surface area contributed by atoms with Gasteiger partial charge in [0.15, 0.2) is 0 Å². The van der Waals surface area contributed by atoms with Gasteiger partial charge in [-0.1, -0.05) is 12.1 Å². The first kappa shape index (κ1) is 12.3. The first-order valence-corrected chi connectivity index (χ1v) is 4.90. The average Bonchev–Trinajstić information content (AvgIpc) is 2.13. The van der Waals surface area contributed by atoms with Gasteiger partial charge in [-0.05, 0) is 17.7 Å². The van der Waals surface area contributed by atoms with Gasteiger partial charge in [-0.3, -0.25) is 0 Å². The Morgan fingerprint density at radius 1 is 1.00 bits per heavy atom. The normalized spacial score (nSPS) is 22.0. The van der Waals surface area contributed by atoms with Gasteiger partial charge in [0, 0.05) is 12.8 Å². The molecule has 1 N–H and O–H groups in total. The van der Waals surface area contributed by atoms with Gasteiger partial charge < -0.3 is 5.11 Å². The lowest BCUT2D eigenvalue weighted by atomic mass is 9.72. The Morgan fingerprint density at radius 2 is 1.47 bits per heavy atom. The summed E-state index contributed by atoms with van der Waals surface area (Å²) in [4.78, 5) is 0. The smallest absolute Gasteiger partial charge is 0.385 e. The first-order valence-electron chi connectivity index (χ1n) is 4.90. The molecule has 0 saturated heterocycles. The largest absolute Gasteiger partial charge is 0.416 e. The summed E-state index contributed by atoms with van der Waals surface area (Å²) in [7, 11) is 0. The molecular formula is C11H9F5O. The zero-order chi connectivity index (χ0) is 12.9. The van der Waals surface area contributed by atoms with Crippen molar-refractivity contribution >= 4 is 0 Å². The number of rotatable bonds is 1. The van der Waals surface area contributed by atoms with Gasteiger partial charge in [0.25, 0.3) is 5.92 Å². The molecule has 0 aromatic heterocycles. The fraction of sp³-hybridized carbons (Fsp3) is 0.455. The SMILES string of the molecule is OC1(c2ccc(C(F)(F)F)cc2)CC(F)(F)C1. The van der Waals surface area contributed by atoms with Gasteiger partial charge in [0.1, 0.15) is 5.60 Å². The van der Waals surface area contributed by atoms with Crippen LogP contribution in [0.3, 0.4) is 0 Å². The molecule has 1 aromatic rings. The number of hydrogen-bond donors (Lipinski definition) is 1. The molecule has 1 saturated carbocycles. The standard InChI is InChI=1S/C11H9F5O/c12-10(13)5-9(17,6-10)7-1-3-8(4-2-7)11(14,15)16/h1-4,17H,5-6H2. The van der Waals surface area contributed by atoms with E-state index in [4.69, 9.17) is 0 Å². The third kappa shape index (κ3) is 2.26. The van der Waals surface area contributed by atoms with E-state index in [2.05, 4.69) is 0 Å². The number of halogens is 5. The maximum Gasteiger partial charge on any atom is 0.416 e. The van der Waals surface area contributed by atoms with E-state index >= 15 is 0 Å². The van der Waals surface area contributed by atoms with Crippen molar-refractivity contribution in [3.05, 3.63) is 35.4 Å².